The molecule has 0 aromatic heterocycles. The Hall–Kier alpha value is -1.79. The Morgan fingerprint density at radius 2 is 2.18 bits per heavy atom. The number of aliphatic hydroxyl groups excluding tert-OH is 1. The van der Waals surface area contributed by atoms with Crippen molar-refractivity contribution in [2.45, 2.75) is 32.3 Å². The van der Waals surface area contributed by atoms with Crippen molar-refractivity contribution in [3.05, 3.63) is 23.2 Å². The number of piperidine rings is 1. The average Bonchev–Trinajstić information content (AvgIpc) is 2.50. The summed E-state index contributed by atoms with van der Waals surface area (Å²) < 4.78 is 0. The molecule has 3 N–H and O–H groups in total. The van der Waals surface area contributed by atoms with Gasteiger partial charge in [-0.05, 0) is 31.0 Å². The second-order valence-corrected chi connectivity index (χ2v) is 5.68. The van der Waals surface area contributed by atoms with Crippen LogP contribution in [0.2, 0.25) is 5.02 Å². The molecule has 1 fully saturated rings. The fourth-order valence-corrected chi connectivity index (χ4v) is 2.45. The van der Waals surface area contributed by atoms with E-state index in [2.05, 4.69) is 10.6 Å². The van der Waals surface area contributed by atoms with Crippen molar-refractivity contribution in [1.82, 2.24) is 4.90 Å². The molecule has 3 amide bonds. The monoisotopic (exact) mass is 325 g/mol. The number of halogens is 1. The molecule has 120 valence electrons. The van der Waals surface area contributed by atoms with Crippen molar-refractivity contribution in [3.63, 3.8) is 0 Å². The lowest BCUT2D eigenvalue weighted by Gasteiger charge is -2.30. The van der Waals surface area contributed by atoms with E-state index in [-0.39, 0.29) is 11.9 Å². The molecule has 1 heterocycles. The molecule has 0 bridgehead atoms. The topological polar surface area (TPSA) is 81.7 Å². The van der Waals surface area contributed by atoms with Gasteiger partial charge in [-0.15, -0.1) is 0 Å². The Balaban J connectivity index is 2.06. The number of carbonyl (C=O) groups excluding carboxylic acids is 2. The summed E-state index contributed by atoms with van der Waals surface area (Å²) in [5, 5.41) is 15.5. The van der Waals surface area contributed by atoms with Crippen LogP contribution in [-0.2, 0) is 4.79 Å². The van der Waals surface area contributed by atoms with Crippen molar-refractivity contribution in [1.29, 1.82) is 0 Å². The predicted molar refractivity (Wildman–Crippen MR) is 86.2 cm³/mol. The lowest BCUT2D eigenvalue weighted by Crippen LogP contribution is -2.44. The Morgan fingerprint density at radius 3 is 2.86 bits per heavy atom. The fourth-order valence-electron chi connectivity index (χ4n) is 2.28. The van der Waals surface area contributed by atoms with Gasteiger partial charge in [0.15, 0.2) is 0 Å². The number of β-amino-alcohol motifs (C(OH)–C–C–N with tert-alkyl or cyclic N) is 1. The maximum absolute atomic E-state index is 12.2. The van der Waals surface area contributed by atoms with Gasteiger partial charge >= 0.3 is 6.03 Å². The molecule has 0 saturated carbocycles. The first-order valence-electron chi connectivity index (χ1n) is 7.33. The van der Waals surface area contributed by atoms with Crippen molar-refractivity contribution in [3.8, 4) is 0 Å². The Kier molecular flexibility index (Phi) is 5.63. The number of aliphatic hydroxyl groups is 1. The van der Waals surface area contributed by atoms with Gasteiger partial charge in [-0.1, -0.05) is 18.5 Å². The van der Waals surface area contributed by atoms with Crippen LogP contribution in [0.5, 0.6) is 0 Å². The Bertz CT molecular complexity index is 565. The highest BCUT2D eigenvalue weighted by Gasteiger charge is 2.22. The summed E-state index contributed by atoms with van der Waals surface area (Å²) in [5.74, 6) is -0.112. The minimum Gasteiger partial charge on any atom is -0.391 e. The summed E-state index contributed by atoms with van der Waals surface area (Å²) in [4.78, 5) is 25.2. The van der Waals surface area contributed by atoms with Crippen LogP contribution in [0.3, 0.4) is 0 Å². The molecular formula is C15H20ClN3O3. The molecule has 1 saturated heterocycles. The third-order valence-corrected chi connectivity index (χ3v) is 3.83. The summed E-state index contributed by atoms with van der Waals surface area (Å²) in [6.45, 7) is 2.68. The van der Waals surface area contributed by atoms with Crippen LogP contribution in [0.1, 0.15) is 26.2 Å². The van der Waals surface area contributed by atoms with E-state index < -0.39 is 6.10 Å². The van der Waals surface area contributed by atoms with Gasteiger partial charge in [-0.3, -0.25) is 4.79 Å². The number of amides is 3. The second-order valence-electron chi connectivity index (χ2n) is 5.27. The van der Waals surface area contributed by atoms with E-state index in [1.54, 1.807) is 30.0 Å². The highest BCUT2D eigenvalue weighted by Crippen LogP contribution is 2.26. The van der Waals surface area contributed by atoms with E-state index in [1.165, 1.54) is 0 Å². The molecule has 0 spiro atoms. The van der Waals surface area contributed by atoms with Crippen LogP contribution >= 0.6 is 11.6 Å². The number of carbonyl (C=O) groups is 2. The van der Waals surface area contributed by atoms with E-state index >= 15 is 0 Å². The maximum atomic E-state index is 12.2. The van der Waals surface area contributed by atoms with E-state index in [1.807, 2.05) is 0 Å². The van der Waals surface area contributed by atoms with Crippen molar-refractivity contribution >= 4 is 34.9 Å². The molecule has 1 aliphatic rings. The molecule has 7 heteroatoms. The maximum Gasteiger partial charge on any atom is 0.321 e. The van der Waals surface area contributed by atoms with Crippen LogP contribution in [0.25, 0.3) is 0 Å². The van der Waals surface area contributed by atoms with Gasteiger partial charge in [0.2, 0.25) is 5.91 Å². The minimum atomic E-state index is -0.481. The molecule has 0 radical (unpaired) electrons. The number of hydrogen-bond donors (Lipinski definition) is 3. The number of urea groups is 1. The van der Waals surface area contributed by atoms with Gasteiger partial charge in [0.1, 0.15) is 0 Å². The average molecular weight is 326 g/mol. The van der Waals surface area contributed by atoms with Gasteiger partial charge in [-0.25, -0.2) is 4.79 Å². The van der Waals surface area contributed by atoms with E-state index in [0.29, 0.717) is 42.3 Å². The zero-order chi connectivity index (χ0) is 16.1. The zero-order valence-electron chi connectivity index (χ0n) is 12.4. The standard InChI is InChI=1S/C15H20ClN3O3/c1-2-14(21)17-10-5-6-12(16)13(8-10)18-15(22)19-7-3-4-11(20)9-19/h5-6,8,11,20H,2-4,7,9H2,1H3,(H,17,21)(H,18,22)/t11-/m0/s1. The molecule has 22 heavy (non-hydrogen) atoms. The first-order valence-corrected chi connectivity index (χ1v) is 7.70. The fraction of sp³-hybridized carbons (Fsp3) is 0.467. The van der Waals surface area contributed by atoms with Crippen LogP contribution in [0.15, 0.2) is 18.2 Å². The highest BCUT2D eigenvalue weighted by molar-refractivity contribution is 6.33. The number of nitrogens with one attached hydrogen (secondary N) is 2. The number of anilines is 2. The third kappa shape index (κ3) is 4.35. The van der Waals surface area contributed by atoms with Crippen molar-refractivity contribution < 1.29 is 14.7 Å². The predicted octanol–water partition coefficient (Wildman–Crippen LogP) is 2.68. The number of benzene rings is 1. The van der Waals surface area contributed by atoms with Gasteiger partial charge in [0.25, 0.3) is 0 Å². The number of nitrogens with zero attached hydrogens (tertiary/aromatic N) is 1. The van der Waals surface area contributed by atoms with Crippen molar-refractivity contribution in [2.75, 3.05) is 23.7 Å². The molecule has 1 atom stereocenters. The second kappa shape index (κ2) is 7.47. The molecule has 0 aliphatic carbocycles. The molecule has 2 rings (SSSR count). The molecule has 1 aliphatic heterocycles. The molecular weight excluding hydrogens is 306 g/mol. The smallest absolute Gasteiger partial charge is 0.321 e. The first-order chi connectivity index (χ1) is 10.5. The van der Waals surface area contributed by atoms with Crippen LogP contribution in [-0.4, -0.2) is 41.1 Å². The summed E-state index contributed by atoms with van der Waals surface area (Å²) in [6, 6.07) is 4.61. The first kappa shape index (κ1) is 16.6. The van der Waals surface area contributed by atoms with Crippen LogP contribution in [0, 0.1) is 0 Å². The molecule has 0 unspecified atom stereocenters. The number of hydrogen-bond acceptors (Lipinski definition) is 3. The SMILES string of the molecule is CCC(=O)Nc1ccc(Cl)c(NC(=O)N2CCC[C@H](O)C2)c1. The largest absolute Gasteiger partial charge is 0.391 e. The van der Waals surface area contributed by atoms with Gasteiger partial charge < -0.3 is 20.6 Å². The molecule has 1 aromatic rings. The van der Waals surface area contributed by atoms with Gasteiger partial charge in [0, 0.05) is 25.2 Å². The number of rotatable bonds is 3. The summed E-state index contributed by atoms with van der Waals surface area (Å²) >= 11 is 6.08. The summed E-state index contributed by atoms with van der Waals surface area (Å²) in [5.41, 5.74) is 1.01. The minimum absolute atomic E-state index is 0.112. The van der Waals surface area contributed by atoms with Crippen molar-refractivity contribution in [2.24, 2.45) is 0 Å². The van der Waals surface area contributed by atoms with Crippen LogP contribution in [0.4, 0.5) is 16.2 Å². The zero-order valence-corrected chi connectivity index (χ0v) is 13.2. The Labute approximate surface area is 134 Å². The number of likely N-dealkylation sites (tertiary alicyclic amines) is 1. The van der Waals surface area contributed by atoms with E-state index in [9.17, 15) is 14.7 Å². The van der Waals surface area contributed by atoms with E-state index in [4.69, 9.17) is 11.6 Å². The molecule has 6 nitrogen and oxygen atoms in total. The van der Waals surface area contributed by atoms with Gasteiger partial charge in [-0.2, -0.15) is 0 Å². The van der Waals surface area contributed by atoms with Gasteiger partial charge in [0.05, 0.1) is 16.8 Å². The lowest BCUT2D eigenvalue weighted by molar-refractivity contribution is -0.115. The van der Waals surface area contributed by atoms with Crippen LogP contribution < -0.4 is 10.6 Å². The Morgan fingerprint density at radius 1 is 1.41 bits per heavy atom. The lowest BCUT2D eigenvalue weighted by atomic mass is 10.1. The third-order valence-electron chi connectivity index (χ3n) is 3.50. The summed E-state index contributed by atoms with van der Waals surface area (Å²) in [7, 11) is 0. The summed E-state index contributed by atoms with van der Waals surface area (Å²) in [6.07, 6.45) is 1.37. The normalized spacial score (nSPS) is 18.0. The highest BCUT2D eigenvalue weighted by atomic mass is 35.5. The quantitative estimate of drug-likeness (QED) is 0.799. The van der Waals surface area contributed by atoms with E-state index in [0.717, 1.165) is 6.42 Å². The molecule has 1 aromatic carbocycles.